The van der Waals surface area contributed by atoms with Gasteiger partial charge in [-0.25, -0.2) is 0 Å². The minimum absolute atomic E-state index is 0.0333. The van der Waals surface area contributed by atoms with Crippen LogP contribution in [0.1, 0.15) is 50.5 Å². The van der Waals surface area contributed by atoms with Crippen LogP contribution in [0.5, 0.6) is 5.75 Å². The van der Waals surface area contributed by atoms with Crippen LogP contribution < -0.4 is 0 Å². The Morgan fingerprint density at radius 3 is 2.45 bits per heavy atom. The number of halogens is 2. The average Bonchev–Trinajstić information content (AvgIpc) is 2.71. The van der Waals surface area contributed by atoms with Crippen LogP contribution in [-0.4, -0.2) is 16.3 Å². The fourth-order valence-corrected chi connectivity index (χ4v) is 4.62. The summed E-state index contributed by atoms with van der Waals surface area (Å²) >= 11 is 12.1. The van der Waals surface area contributed by atoms with Crippen LogP contribution in [0.15, 0.2) is 12.1 Å². The summed E-state index contributed by atoms with van der Waals surface area (Å²) in [5.74, 6) is 0.964. The van der Waals surface area contributed by atoms with Crippen molar-refractivity contribution < 1.29 is 10.2 Å². The predicted octanol–water partition coefficient (Wildman–Crippen LogP) is 4.74. The third-order valence-electron chi connectivity index (χ3n) is 5.59. The van der Waals surface area contributed by atoms with Crippen LogP contribution >= 0.6 is 23.2 Å². The third kappa shape index (κ3) is 2.22. The van der Waals surface area contributed by atoms with Crippen molar-refractivity contribution in [1.82, 2.24) is 0 Å². The second-order valence-electron chi connectivity index (χ2n) is 6.60. The lowest BCUT2D eigenvalue weighted by Crippen LogP contribution is -2.36. The maximum Gasteiger partial charge on any atom is 0.152 e. The van der Waals surface area contributed by atoms with Crippen molar-refractivity contribution in [3.63, 3.8) is 0 Å². The summed E-state index contributed by atoms with van der Waals surface area (Å²) in [5, 5.41) is 20.5. The molecule has 1 aromatic rings. The summed E-state index contributed by atoms with van der Waals surface area (Å²) in [5.41, 5.74) is 1.20. The topological polar surface area (TPSA) is 40.5 Å². The molecule has 0 saturated heterocycles. The third-order valence-corrected chi connectivity index (χ3v) is 6.17. The van der Waals surface area contributed by atoms with Gasteiger partial charge in [-0.15, -0.1) is 0 Å². The number of aromatic hydroxyl groups is 1. The van der Waals surface area contributed by atoms with E-state index in [1.807, 2.05) is 12.1 Å². The van der Waals surface area contributed by atoms with Crippen molar-refractivity contribution in [3.05, 3.63) is 27.7 Å². The standard InChI is InChI=1S/C16H20Cl2O2/c1-16-5-4-9(6-11(16)2-3-14(16)19)10-7-12(17)15(20)13(18)8-10/h7-9,11,14,19-20H,2-6H2,1H3/t9-,11+,14-,16-/m0/s1. The summed E-state index contributed by atoms with van der Waals surface area (Å²) in [6.45, 7) is 2.22. The Balaban J connectivity index is 1.84. The zero-order chi connectivity index (χ0) is 14.5. The van der Waals surface area contributed by atoms with Crippen molar-refractivity contribution in [2.24, 2.45) is 11.3 Å². The fourth-order valence-electron chi connectivity index (χ4n) is 4.12. The van der Waals surface area contributed by atoms with Gasteiger partial charge in [0.2, 0.25) is 0 Å². The highest BCUT2D eigenvalue weighted by Gasteiger charge is 2.48. The van der Waals surface area contributed by atoms with E-state index >= 15 is 0 Å². The van der Waals surface area contributed by atoms with E-state index in [9.17, 15) is 10.2 Å². The molecule has 4 heteroatoms. The van der Waals surface area contributed by atoms with Gasteiger partial charge in [-0.2, -0.15) is 0 Å². The molecule has 3 rings (SSSR count). The largest absolute Gasteiger partial charge is 0.505 e. The number of phenolic OH excluding ortho intramolecular Hbond substituents is 1. The minimum atomic E-state index is -0.152. The van der Waals surface area contributed by atoms with E-state index < -0.39 is 0 Å². The van der Waals surface area contributed by atoms with E-state index in [0.29, 0.717) is 21.9 Å². The zero-order valence-electron chi connectivity index (χ0n) is 11.6. The van der Waals surface area contributed by atoms with Crippen molar-refractivity contribution in [2.75, 3.05) is 0 Å². The van der Waals surface area contributed by atoms with Gasteiger partial charge in [0.15, 0.2) is 5.75 Å². The molecular formula is C16H20Cl2O2. The Morgan fingerprint density at radius 1 is 1.15 bits per heavy atom. The molecule has 1 aromatic carbocycles. The molecule has 0 amide bonds. The molecule has 0 aliphatic heterocycles. The maximum atomic E-state index is 10.2. The minimum Gasteiger partial charge on any atom is -0.505 e. The fraction of sp³-hybridized carbons (Fsp3) is 0.625. The van der Waals surface area contributed by atoms with Gasteiger partial charge in [-0.3, -0.25) is 0 Å². The number of benzene rings is 1. The Morgan fingerprint density at radius 2 is 1.80 bits per heavy atom. The van der Waals surface area contributed by atoms with Crippen LogP contribution in [-0.2, 0) is 0 Å². The highest BCUT2D eigenvalue weighted by Crippen LogP contribution is 2.55. The van der Waals surface area contributed by atoms with Gasteiger partial charge in [0, 0.05) is 0 Å². The van der Waals surface area contributed by atoms with Gasteiger partial charge in [-0.05, 0) is 67.1 Å². The second kappa shape index (κ2) is 5.08. The molecule has 2 fully saturated rings. The number of hydrogen-bond acceptors (Lipinski definition) is 2. The number of fused-ring (bicyclic) bond motifs is 1. The lowest BCUT2D eigenvalue weighted by Gasteiger charge is -2.42. The molecule has 2 saturated carbocycles. The first-order chi connectivity index (χ1) is 9.41. The van der Waals surface area contributed by atoms with Gasteiger partial charge in [0.25, 0.3) is 0 Å². The van der Waals surface area contributed by atoms with Crippen molar-refractivity contribution in [2.45, 2.75) is 51.0 Å². The SMILES string of the molecule is C[C@]12CC[C@H](c3cc(Cl)c(O)c(Cl)c3)C[C@H]1CC[C@@H]2O. The summed E-state index contributed by atoms with van der Waals surface area (Å²) < 4.78 is 0. The lowest BCUT2D eigenvalue weighted by atomic mass is 9.64. The van der Waals surface area contributed by atoms with Gasteiger partial charge in [0.1, 0.15) is 0 Å². The van der Waals surface area contributed by atoms with Gasteiger partial charge < -0.3 is 10.2 Å². The number of aliphatic hydroxyl groups excluding tert-OH is 1. The smallest absolute Gasteiger partial charge is 0.152 e. The molecule has 0 spiro atoms. The van der Waals surface area contributed by atoms with Crippen LogP contribution in [0.4, 0.5) is 0 Å². The Labute approximate surface area is 129 Å². The zero-order valence-corrected chi connectivity index (χ0v) is 13.1. The van der Waals surface area contributed by atoms with E-state index in [-0.39, 0.29) is 17.3 Å². The molecule has 0 aromatic heterocycles. The molecule has 0 unspecified atom stereocenters. The molecule has 20 heavy (non-hydrogen) atoms. The normalized spacial score (nSPS) is 36.9. The highest BCUT2D eigenvalue weighted by atomic mass is 35.5. The Kier molecular flexibility index (Phi) is 3.68. The number of phenols is 1. The van der Waals surface area contributed by atoms with E-state index in [1.54, 1.807) is 0 Å². The molecule has 110 valence electrons. The molecule has 0 bridgehead atoms. The summed E-state index contributed by atoms with van der Waals surface area (Å²) in [7, 11) is 0. The van der Waals surface area contributed by atoms with Gasteiger partial charge in [0.05, 0.1) is 16.1 Å². The lowest BCUT2D eigenvalue weighted by molar-refractivity contribution is 0.00872. The molecule has 2 aliphatic carbocycles. The first-order valence-electron chi connectivity index (χ1n) is 7.28. The van der Waals surface area contributed by atoms with Crippen molar-refractivity contribution >= 4 is 23.2 Å². The first kappa shape index (κ1) is 14.5. The Bertz CT molecular complexity index is 508. The van der Waals surface area contributed by atoms with Crippen LogP contribution in [0.2, 0.25) is 10.0 Å². The molecule has 2 nitrogen and oxygen atoms in total. The second-order valence-corrected chi connectivity index (χ2v) is 7.41. The first-order valence-corrected chi connectivity index (χ1v) is 8.03. The van der Waals surface area contributed by atoms with Crippen molar-refractivity contribution in [1.29, 1.82) is 0 Å². The molecular weight excluding hydrogens is 295 g/mol. The monoisotopic (exact) mass is 314 g/mol. The Hall–Kier alpha value is -0.440. The molecule has 0 radical (unpaired) electrons. The average molecular weight is 315 g/mol. The summed E-state index contributed by atoms with van der Waals surface area (Å²) in [6.07, 6.45) is 5.03. The van der Waals surface area contributed by atoms with E-state index in [0.717, 1.165) is 37.7 Å². The van der Waals surface area contributed by atoms with Crippen molar-refractivity contribution in [3.8, 4) is 5.75 Å². The van der Waals surface area contributed by atoms with Gasteiger partial charge in [-0.1, -0.05) is 30.1 Å². The number of rotatable bonds is 1. The molecule has 2 aliphatic rings. The molecule has 2 N–H and O–H groups in total. The van der Waals surface area contributed by atoms with Gasteiger partial charge >= 0.3 is 0 Å². The maximum absolute atomic E-state index is 10.2. The summed E-state index contributed by atoms with van der Waals surface area (Å²) in [4.78, 5) is 0. The van der Waals surface area contributed by atoms with Crippen LogP contribution in [0.25, 0.3) is 0 Å². The van der Waals surface area contributed by atoms with E-state index in [4.69, 9.17) is 23.2 Å². The predicted molar refractivity (Wildman–Crippen MR) is 81.6 cm³/mol. The van der Waals surface area contributed by atoms with E-state index in [1.165, 1.54) is 0 Å². The molecule has 0 heterocycles. The highest BCUT2D eigenvalue weighted by molar-refractivity contribution is 6.37. The van der Waals surface area contributed by atoms with E-state index in [2.05, 4.69) is 6.92 Å². The molecule has 4 atom stereocenters. The number of hydrogen-bond donors (Lipinski definition) is 2. The van der Waals surface area contributed by atoms with Crippen LogP contribution in [0.3, 0.4) is 0 Å². The quantitative estimate of drug-likeness (QED) is 0.785. The summed E-state index contributed by atoms with van der Waals surface area (Å²) in [6, 6.07) is 3.67. The number of aliphatic hydroxyl groups is 1. The van der Waals surface area contributed by atoms with Crippen LogP contribution in [0, 0.1) is 11.3 Å².